The first-order chi connectivity index (χ1) is 6.02. The fourth-order valence-electron chi connectivity index (χ4n) is 2.17. The highest BCUT2D eigenvalue weighted by Gasteiger charge is 2.35. The largest absolute Gasteiger partial charge is 0.479 e. The molecule has 0 aromatic rings. The average Bonchev–Trinajstić information content (AvgIpc) is 2.08. The molecule has 4 unspecified atom stereocenters. The van der Waals surface area contributed by atoms with Crippen LogP contribution < -0.4 is 0 Å². The van der Waals surface area contributed by atoms with Crippen LogP contribution in [0.1, 0.15) is 33.1 Å². The minimum absolute atomic E-state index is 0.210. The van der Waals surface area contributed by atoms with Crippen LogP contribution in [0.25, 0.3) is 0 Å². The summed E-state index contributed by atoms with van der Waals surface area (Å²) in [7, 11) is 0. The first-order valence-electron chi connectivity index (χ1n) is 4.89. The predicted molar refractivity (Wildman–Crippen MR) is 48.2 cm³/mol. The van der Waals surface area contributed by atoms with Gasteiger partial charge < -0.3 is 5.11 Å². The zero-order valence-corrected chi connectivity index (χ0v) is 8.16. The van der Waals surface area contributed by atoms with Crippen molar-refractivity contribution in [1.29, 1.82) is 0 Å². The van der Waals surface area contributed by atoms with Crippen molar-refractivity contribution >= 4 is 5.97 Å². The van der Waals surface area contributed by atoms with Gasteiger partial charge in [0.15, 0.2) is 6.17 Å². The van der Waals surface area contributed by atoms with Crippen molar-refractivity contribution in [3.05, 3.63) is 0 Å². The Bertz CT molecular complexity index is 193. The van der Waals surface area contributed by atoms with Crippen molar-refractivity contribution in [3.8, 4) is 0 Å². The molecule has 1 N–H and O–H groups in total. The van der Waals surface area contributed by atoms with Gasteiger partial charge in [-0.2, -0.15) is 0 Å². The van der Waals surface area contributed by atoms with E-state index in [0.717, 1.165) is 12.8 Å². The molecule has 0 saturated heterocycles. The van der Waals surface area contributed by atoms with Crippen molar-refractivity contribution in [2.75, 3.05) is 0 Å². The first kappa shape index (κ1) is 10.5. The van der Waals surface area contributed by atoms with E-state index in [2.05, 4.69) is 6.92 Å². The molecule has 13 heavy (non-hydrogen) atoms. The number of hydrogen-bond donors (Lipinski definition) is 1. The molecule has 0 amide bonds. The van der Waals surface area contributed by atoms with Crippen molar-refractivity contribution in [3.63, 3.8) is 0 Å². The normalized spacial score (nSPS) is 37.0. The van der Waals surface area contributed by atoms with E-state index >= 15 is 0 Å². The van der Waals surface area contributed by atoms with E-state index in [0.29, 0.717) is 12.3 Å². The summed E-state index contributed by atoms with van der Waals surface area (Å²) in [6.45, 7) is 4.01. The Morgan fingerprint density at radius 1 is 1.46 bits per heavy atom. The molecule has 2 nitrogen and oxygen atoms in total. The minimum Gasteiger partial charge on any atom is -0.479 e. The smallest absolute Gasteiger partial charge is 0.338 e. The van der Waals surface area contributed by atoms with Crippen LogP contribution in [0.5, 0.6) is 0 Å². The van der Waals surface area contributed by atoms with Crippen LogP contribution in [0.2, 0.25) is 0 Å². The van der Waals surface area contributed by atoms with Gasteiger partial charge in [-0.3, -0.25) is 0 Å². The lowest BCUT2D eigenvalue weighted by Crippen LogP contribution is -2.34. The molecule has 0 bridgehead atoms. The van der Waals surface area contributed by atoms with E-state index in [-0.39, 0.29) is 11.8 Å². The molecule has 3 heteroatoms. The van der Waals surface area contributed by atoms with E-state index in [4.69, 9.17) is 5.11 Å². The van der Waals surface area contributed by atoms with E-state index in [1.54, 1.807) is 0 Å². The van der Waals surface area contributed by atoms with Crippen molar-refractivity contribution < 1.29 is 14.3 Å². The summed E-state index contributed by atoms with van der Waals surface area (Å²) in [5, 5.41) is 8.56. The lowest BCUT2D eigenvalue weighted by Gasteiger charge is -2.33. The van der Waals surface area contributed by atoms with Gasteiger partial charge in [-0.1, -0.05) is 26.7 Å². The molecule has 1 aliphatic rings. The van der Waals surface area contributed by atoms with Gasteiger partial charge in [-0.25, -0.2) is 9.18 Å². The third-order valence-electron chi connectivity index (χ3n) is 3.13. The van der Waals surface area contributed by atoms with Crippen LogP contribution in [-0.2, 0) is 4.79 Å². The second-order valence-corrected chi connectivity index (χ2v) is 4.30. The zero-order valence-electron chi connectivity index (χ0n) is 8.16. The van der Waals surface area contributed by atoms with Gasteiger partial charge in [0.05, 0.1) is 0 Å². The molecule has 4 atom stereocenters. The summed E-state index contributed by atoms with van der Waals surface area (Å²) in [6, 6.07) is 0. The van der Waals surface area contributed by atoms with Crippen LogP contribution in [0.4, 0.5) is 4.39 Å². The van der Waals surface area contributed by atoms with Crippen LogP contribution >= 0.6 is 0 Å². The lowest BCUT2D eigenvalue weighted by molar-refractivity contribution is -0.146. The van der Waals surface area contributed by atoms with Gasteiger partial charge in [0, 0.05) is 5.92 Å². The minimum atomic E-state index is -1.67. The SMILES string of the molecule is CC1CCC(C)C(C(F)C(=O)O)C1. The predicted octanol–water partition coefficient (Wildman–Crippen LogP) is 2.48. The number of rotatable bonds is 2. The van der Waals surface area contributed by atoms with Crippen LogP contribution in [0, 0.1) is 17.8 Å². The Morgan fingerprint density at radius 2 is 2.08 bits per heavy atom. The number of aliphatic carboxylic acids is 1. The summed E-state index contributed by atoms with van der Waals surface area (Å²) >= 11 is 0. The lowest BCUT2D eigenvalue weighted by atomic mass is 9.73. The number of carboxylic acids is 1. The van der Waals surface area contributed by atoms with Crippen LogP contribution in [0.15, 0.2) is 0 Å². The molecule has 1 aliphatic carbocycles. The molecule has 1 rings (SSSR count). The van der Waals surface area contributed by atoms with Gasteiger partial charge in [0.25, 0.3) is 0 Å². The van der Waals surface area contributed by atoms with Crippen molar-refractivity contribution in [2.45, 2.75) is 39.3 Å². The second kappa shape index (κ2) is 4.07. The van der Waals surface area contributed by atoms with Crippen molar-refractivity contribution in [2.24, 2.45) is 17.8 Å². The number of alkyl halides is 1. The maximum absolute atomic E-state index is 13.2. The Morgan fingerprint density at radius 3 is 2.62 bits per heavy atom. The van der Waals surface area contributed by atoms with Gasteiger partial charge in [-0.05, 0) is 18.3 Å². The Hall–Kier alpha value is -0.600. The molecule has 76 valence electrons. The van der Waals surface area contributed by atoms with E-state index < -0.39 is 12.1 Å². The van der Waals surface area contributed by atoms with E-state index in [1.807, 2.05) is 6.92 Å². The van der Waals surface area contributed by atoms with Crippen LogP contribution in [0.3, 0.4) is 0 Å². The average molecular weight is 188 g/mol. The number of hydrogen-bond acceptors (Lipinski definition) is 1. The molecule has 0 heterocycles. The molecule has 0 aliphatic heterocycles. The topological polar surface area (TPSA) is 37.3 Å². The highest BCUT2D eigenvalue weighted by Crippen LogP contribution is 2.36. The number of carboxylic acid groups (broad SMARTS) is 1. The molecular weight excluding hydrogens is 171 g/mol. The van der Waals surface area contributed by atoms with Gasteiger partial charge >= 0.3 is 5.97 Å². The molecule has 0 spiro atoms. The molecule has 0 radical (unpaired) electrons. The highest BCUT2D eigenvalue weighted by atomic mass is 19.1. The standard InChI is InChI=1S/C10H17FO2/c1-6-3-4-7(2)8(5-6)9(11)10(12)13/h6-9H,3-5H2,1-2H3,(H,12,13). The maximum atomic E-state index is 13.2. The van der Waals surface area contributed by atoms with Crippen molar-refractivity contribution in [1.82, 2.24) is 0 Å². The Balaban J connectivity index is 2.60. The molecule has 0 aromatic carbocycles. The van der Waals surface area contributed by atoms with E-state index in [1.165, 1.54) is 0 Å². The third kappa shape index (κ3) is 2.42. The summed E-state index contributed by atoms with van der Waals surface area (Å²) in [6.07, 6.45) is 1.11. The summed E-state index contributed by atoms with van der Waals surface area (Å²) in [5.74, 6) is -0.895. The maximum Gasteiger partial charge on any atom is 0.338 e. The summed E-state index contributed by atoms with van der Waals surface area (Å²) < 4.78 is 13.2. The quantitative estimate of drug-likeness (QED) is 0.722. The molecular formula is C10H17FO2. The monoisotopic (exact) mass is 188 g/mol. The second-order valence-electron chi connectivity index (χ2n) is 4.30. The Labute approximate surface area is 78.1 Å². The summed E-state index contributed by atoms with van der Waals surface area (Å²) in [4.78, 5) is 10.5. The zero-order chi connectivity index (χ0) is 10.0. The highest BCUT2D eigenvalue weighted by molar-refractivity contribution is 5.72. The van der Waals surface area contributed by atoms with Gasteiger partial charge in [0.1, 0.15) is 0 Å². The molecule has 0 aromatic heterocycles. The fraction of sp³-hybridized carbons (Fsp3) is 0.900. The van der Waals surface area contributed by atoms with Gasteiger partial charge in [0.2, 0.25) is 0 Å². The van der Waals surface area contributed by atoms with E-state index in [9.17, 15) is 9.18 Å². The molecule has 1 saturated carbocycles. The van der Waals surface area contributed by atoms with Crippen LogP contribution in [-0.4, -0.2) is 17.2 Å². The number of halogens is 1. The summed E-state index contributed by atoms with van der Waals surface area (Å²) in [5.41, 5.74) is 0. The Kier molecular flexibility index (Phi) is 3.28. The molecule has 1 fully saturated rings. The fourth-order valence-corrected chi connectivity index (χ4v) is 2.17. The first-order valence-corrected chi connectivity index (χ1v) is 4.89. The number of carbonyl (C=O) groups is 1. The van der Waals surface area contributed by atoms with Gasteiger partial charge in [-0.15, -0.1) is 0 Å². The third-order valence-corrected chi connectivity index (χ3v) is 3.13.